The minimum atomic E-state index is -5.29. The number of phosphoric acid groups is 2. The first-order valence-electron chi connectivity index (χ1n) is 7.17. The average molecular weight is 475 g/mol. The fourth-order valence-electron chi connectivity index (χ4n) is 2.48. The quantitative estimate of drug-likeness (QED) is 0.168. The summed E-state index contributed by atoms with van der Waals surface area (Å²) >= 11 is 0. The van der Waals surface area contributed by atoms with Gasteiger partial charge >= 0.3 is 74.8 Å². The molecule has 2 aromatic rings. The van der Waals surface area contributed by atoms with Gasteiger partial charge in [-0.25, -0.2) is 24.1 Å². The number of nitrogens with two attached hydrogens (primary N) is 1. The van der Waals surface area contributed by atoms with Crippen molar-refractivity contribution in [1.82, 2.24) is 19.5 Å². The first kappa shape index (κ1) is 27.5. The molecule has 0 spiro atoms. The van der Waals surface area contributed by atoms with Crippen molar-refractivity contribution in [3.8, 4) is 0 Å². The van der Waals surface area contributed by atoms with Crippen LogP contribution >= 0.6 is 15.6 Å². The molecule has 0 aliphatic carbocycles. The molecule has 5 atom stereocenters. The van der Waals surface area contributed by atoms with E-state index < -0.39 is 46.8 Å². The molecule has 0 amide bonds. The fourth-order valence-corrected chi connectivity index (χ4v) is 4.08. The molecule has 1 aliphatic rings. The van der Waals surface area contributed by atoms with Crippen LogP contribution in [0.25, 0.3) is 11.2 Å². The second-order valence-corrected chi connectivity index (χ2v) is 8.30. The molecule has 19 heteroatoms. The van der Waals surface area contributed by atoms with Crippen molar-refractivity contribution in [3.63, 3.8) is 0 Å². The third kappa shape index (κ3) is 6.49. The van der Waals surface area contributed by atoms with Crippen molar-refractivity contribution < 1.29 is 110 Å². The molecule has 3 unspecified atom stereocenters. The molecule has 0 saturated carbocycles. The third-order valence-corrected chi connectivity index (χ3v) is 5.76. The first-order chi connectivity index (χ1) is 12.5. The molecular weight excluding hydrogens is 458 g/mol. The fraction of sp³-hybridized carbons (Fsp3) is 0.500. The Kier molecular flexibility index (Phi) is 9.87. The van der Waals surface area contributed by atoms with E-state index in [-0.39, 0.29) is 78.9 Å². The summed E-state index contributed by atoms with van der Waals surface area (Å²) in [6.45, 7) is -0.813. The Morgan fingerprint density at radius 3 is 2.45 bits per heavy atom. The number of aliphatic hydroxyl groups excluding tert-OH is 2. The molecule has 0 aromatic carbocycles. The number of nitrogen functional groups attached to an aromatic ring is 1. The van der Waals surface area contributed by atoms with Crippen LogP contribution in [0.2, 0.25) is 0 Å². The summed E-state index contributed by atoms with van der Waals surface area (Å²) in [5, 5.41) is 20.3. The van der Waals surface area contributed by atoms with Crippen LogP contribution in [-0.2, 0) is 22.7 Å². The summed E-state index contributed by atoms with van der Waals surface area (Å²) in [7, 11) is -10.4. The summed E-state index contributed by atoms with van der Waals surface area (Å²) in [6, 6.07) is 0. The van der Waals surface area contributed by atoms with E-state index in [1.807, 2.05) is 0 Å². The molecule has 154 valence electrons. The van der Waals surface area contributed by atoms with Gasteiger partial charge in [-0.2, -0.15) is 4.31 Å². The number of aromatic nitrogens is 4. The zero-order chi connectivity index (χ0) is 20.0. The monoisotopic (exact) mass is 475 g/mol. The predicted octanol–water partition coefficient (Wildman–Crippen LogP) is -7.51. The predicted molar refractivity (Wildman–Crippen MR) is 86.8 cm³/mol. The summed E-state index contributed by atoms with van der Waals surface area (Å²) in [5.41, 5.74) is 6.11. The Balaban J connectivity index is 0. The largest absolute Gasteiger partial charge is 1.00 e. The van der Waals surface area contributed by atoms with Gasteiger partial charge in [0.1, 0.15) is 30.2 Å². The number of imidazole rings is 1. The normalized spacial score (nSPS) is 26.5. The SMILES string of the molecule is Nc1ncnc2c1ncn2[C@@H]1O[C@H](COP(=O)(O)OP(=O)(O)O)C(O)C1O.[H-].[H-].[Na+].[Na+]. The molecule has 0 bridgehead atoms. The van der Waals surface area contributed by atoms with Gasteiger partial charge in [-0.05, 0) is 0 Å². The van der Waals surface area contributed by atoms with Crippen molar-refractivity contribution in [1.29, 1.82) is 0 Å². The Morgan fingerprint density at radius 2 is 1.83 bits per heavy atom. The van der Waals surface area contributed by atoms with Crippen LogP contribution in [0.15, 0.2) is 12.7 Å². The van der Waals surface area contributed by atoms with Crippen LogP contribution in [0, 0.1) is 0 Å². The Morgan fingerprint density at radius 1 is 1.17 bits per heavy atom. The molecule has 29 heavy (non-hydrogen) atoms. The van der Waals surface area contributed by atoms with Gasteiger partial charge in [0.15, 0.2) is 17.7 Å². The number of aliphatic hydroxyl groups is 2. The van der Waals surface area contributed by atoms with Crippen molar-refractivity contribution in [2.24, 2.45) is 0 Å². The second kappa shape index (κ2) is 10.4. The number of nitrogens with zero attached hydrogens (tertiary/aromatic N) is 4. The molecule has 15 nitrogen and oxygen atoms in total. The van der Waals surface area contributed by atoms with Gasteiger partial charge < -0.3 is 38.2 Å². The number of hydrogen-bond donors (Lipinski definition) is 6. The van der Waals surface area contributed by atoms with E-state index >= 15 is 0 Å². The van der Waals surface area contributed by atoms with Crippen LogP contribution in [0.1, 0.15) is 9.08 Å². The van der Waals surface area contributed by atoms with Gasteiger partial charge in [-0.1, -0.05) is 0 Å². The van der Waals surface area contributed by atoms with E-state index in [0.717, 1.165) is 6.33 Å². The van der Waals surface area contributed by atoms with Gasteiger partial charge in [0.05, 0.1) is 12.9 Å². The number of rotatable bonds is 6. The van der Waals surface area contributed by atoms with E-state index in [0.29, 0.717) is 0 Å². The zero-order valence-electron chi connectivity index (χ0n) is 17.2. The summed E-state index contributed by atoms with van der Waals surface area (Å²) in [6.07, 6.45) is -3.20. The first-order valence-corrected chi connectivity index (χ1v) is 10.2. The Labute approximate surface area is 210 Å². The van der Waals surface area contributed by atoms with Crippen LogP contribution in [0.4, 0.5) is 5.82 Å². The Bertz CT molecular complexity index is 953. The average Bonchev–Trinajstić information content (AvgIpc) is 3.07. The summed E-state index contributed by atoms with van der Waals surface area (Å²) in [5.74, 6) is 0.0856. The third-order valence-electron chi connectivity index (χ3n) is 3.61. The van der Waals surface area contributed by atoms with Crippen molar-refractivity contribution in [2.45, 2.75) is 24.5 Å². The standard InChI is InChI=1S/C10H15N5O10P2.2Na.2H/c11-8-5-9(13-2-12-8)15(3-14-5)10-7(17)6(16)4(24-10)1-23-27(21,22)25-26(18,19)20;;;;/h2-4,6-7,10,16-17H,1H2,(H,21,22)(H2,11,12,13)(H2,18,19,20);;;;/q;2*+1;2*-1/t4-,6?,7?,10-;;;;/m1..../s1. The minimum Gasteiger partial charge on any atom is -1.00 e. The maximum absolute atomic E-state index is 11.5. The zero-order valence-corrected chi connectivity index (χ0v) is 21.0. The minimum absolute atomic E-state index is 0. The van der Waals surface area contributed by atoms with E-state index in [9.17, 15) is 24.2 Å². The summed E-state index contributed by atoms with van der Waals surface area (Å²) in [4.78, 5) is 38.1. The second-order valence-electron chi connectivity index (χ2n) is 5.47. The van der Waals surface area contributed by atoms with Crippen molar-refractivity contribution in [2.75, 3.05) is 12.3 Å². The van der Waals surface area contributed by atoms with E-state index in [2.05, 4.69) is 23.8 Å². The summed E-state index contributed by atoms with van der Waals surface area (Å²) < 4.78 is 36.8. The number of fused-ring (bicyclic) bond motifs is 1. The van der Waals surface area contributed by atoms with Gasteiger partial charge in [0.2, 0.25) is 0 Å². The van der Waals surface area contributed by atoms with Gasteiger partial charge in [-0.15, -0.1) is 0 Å². The van der Waals surface area contributed by atoms with Gasteiger partial charge in [0, 0.05) is 0 Å². The Hall–Kier alpha value is 0.490. The smallest absolute Gasteiger partial charge is 1.00 e. The van der Waals surface area contributed by atoms with E-state index in [4.69, 9.17) is 20.3 Å². The number of anilines is 1. The topological polar surface area (TPSA) is 233 Å². The van der Waals surface area contributed by atoms with Crippen LogP contribution < -0.4 is 64.8 Å². The number of phosphoric ester groups is 1. The van der Waals surface area contributed by atoms with Crippen LogP contribution in [0.3, 0.4) is 0 Å². The van der Waals surface area contributed by atoms with E-state index in [1.54, 1.807) is 0 Å². The molecular formula is C10H17N5Na2O10P2. The number of hydrogen-bond acceptors (Lipinski definition) is 11. The molecule has 1 fully saturated rings. The molecule has 2 aromatic heterocycles. The van der Waals surface area contributed by atoms with E-state index in [1.165, 1.54) is 10.9 Å². The van der Waals surface area contributed by atoms with Gasteiger partial charge in [-0.3, -0.25) is 9.09 Å². The van der Waals surface area contributed by atoms with Crippen molar-refractivity contribution >= 4 is 32.6 Å². The van der Waals surface area contributed by atoms with Crippen LogP contribution in [0.5, 0.6) is 0 Å². The molecule has 1 aliphatic heterocycles. The van der Waals surface area contributed by atoms with Crippen molar-refractivity contribution in [3.05, 3.63) is 12.7 Å². The maximum Gasteiger partial charge on any atom is 1.00 e. The maximum atomic E-state index is 11.5. The number of ether oxygens (including phenoxy) is 1. The molecule has 1 saturated heterocycles. The molecule has 3 heterocycles. The molecule has 0 radical (unpaired) electrons. The molecule has 7 N–H and O–H groups in total. The van der Waals surface area contributed by atoms with Crippen LogP contribution in [-0.4, -0.2) is 69.3 Å². The van der Waals surface area contributed by atoms with Gasteiger partial charge in [0.25, 0.3) is 0 Å². The molecule has 3 rings (SSSR count).